The van der Waals surface area contributed by atoms with Crippen molar-refractivity contribution in [1.82, 2.24) is 9.97 Å². The second kappa shape index (κ2) is 7.69. The van der Waals surface area contributed by atoms with E-state index in [9.17, 15) is 23.3 Å². The van der Waals surface area contributed by atoms with Gasteiger partial charge in [0.25, 0.3) is 5.69 Å². The Balaban J connectivity index is 2.00. The van der Waals surface area contributed by atoms with E-state index in [2.05, 4.69) is 20.6 Å². The SMILES string of the molecule is O=[N+]([O-])c1ccccc1Nc1nc(Nc2ccc(Cl)cc2)ncc1C(F)(F)F. The molecule has 0 spiro atoms. The van der Waals surface area contributed by atoms with E-state index in [4.69, 9.17) is 11.6 Å². The number of aromatic nitrogens is 2. The number of alkyl halides is 3. The fourth-order valence-corrected chi connectivity index (χ4v) is 2.40. The highest BCUT2D eigenvalue weighted by atomic mass is 35.5. The highest BCUT2D eigenvalue weighted by Crippen LogP contribution is 2.36. The molecule has 0 unspecified atom stereocenters. The Kier molecular flexibility index (Phi) is 5.32. The predicted molar refractivity (Wildman–Crippen MR) is 98.1 cm³/mol. The molecule has 0 atom stereocenters. The molecule has 0 fully saturated rings. The summed E-state index contributed by atoms with van der Waals surface area (Å²) < 4.78 is 40.0. The first-order chi connectivity index (χ1) is 13.2. The lowest BCUT2D eigenvalue weighted by molar-refractivity contribution is -0.383. The maximum absolute atomic E-state index is 13.3. The van der Waals surface area contributed by atoms with E-state index in [0.717, 1.165) is 0 Å². The van der Waals surface area contributed by atoms with Crippen LogP contribution in [0.4, 0.5) is 42.0 Å². The first kappa shape index (κ1) is 19.4. The van der Waals surface area contributed by atoms with Gasteiger partial charge in [-0.05, 0) is 30.3 Å². The van der Waals surface area contributed by atoms with Crippen molar-refractivity contribution in [2.24, 2.45) is 0 Å². The monoisotopic (exact) mass is 409 g/mol. The summed E-state index contributed by atoms with van der Waals surface area (Å²) in [6.45, 7) is 0. The zero-order chi connectivity index (χ0) is 20.3. The Hall–Kier alpha value is -3.40. The average Bonchev–Trinajstić information content (AvgIpc) is 2.63. The standard InChI is InChI=1S/C17H11ClF3N5O2/c18-10-5-7-11(8-6-10)23-16-22-9-12(17(19,20)21)15(25-16)24-13-3-1-2-4-14(13)26(27)28/h1-9H,(H2,22,23,24,25). The number of nitrogens with one attached hydrogen (secondary N) is 2. The van der Waals surface area contributed by atoms with E-state index in [1.165, 1.54) is 24.3 Å². The molecule has 1 aromatic heterocycles. The van der Waals surface area contributed by atoms with Gasteiger partial charge < -0.3 is 10.6 Å². The van der Waals surface area contributed by atoms with Gasteiger partial charge in [-0.15, -0.1) is 0 Å². The number of hydrogen-bond acceptors (Lipinski definition) is 6. The maximum Gasteiger partial charge on any atom is 0.421 e. The van der Waals surface area contributed by atoms with Gasteiger partial charge in [-0.2, -0.15) is 18.2 Å². The number of nitro groups is 1. The molecule has 2 aromatic carbocycles. The lowest BCUT2D eigenvalue weighted by Crippen LogP contribution is -2.13. The number of anilines is 4. The Morgan fingerprint density at radius 1 is 1.04 bits per heavy atom. The zero-order valence-corrected chi connectivity index (χ0v) is 14.6. The summed E-state index contributed by atoms with van der Waals surface area (Å²) in [4.78, 5) is 17.9. The van der Waals surface area contributed by atoms with Crippen LogP contribution in [-0.2, 0) is 6.18 Å². The van der Waals surface area contributed by atoms with Crippen molar-refractivity contribution in [1.29, 1.82) is 0 Å². The van der Waals surface area contributed by atoms with Crippen molar-refractivity contribution >= 4 is 40.4 Å². The van der Waals surface area contributed by atoms with Gasteiger partial charge in [0, 0.05) is 23.0 Å². The van der Waals surface area contributed by atoms with E-state index in [1.54, 1.807) is 24.3 Å². The molecule has 11 heteroatoms. The molecule has 144 valence electrons. The van der Waals surface area contributed by atoms with Gasteiger partial charge in [0.1, 0.15) is 17.1 Å². The van der Waals surface area contributed by atoms with Crippen molar-refractivity contribution in [3.63, 3.8) is 0 Å². The van der Waals surface area contributed by atoms with E-state index < -0.39 is 22.5 Å². The lowest BCUT2D eigenvalue weighted by Gasteiger charge is -2.15. The molecule has 0 aliphatic carbocycles. The summed E-state index contributed by atoms with van der Waals surface area (Å²) in [7, 11) is 0. The molecule has 0 radical (unpaired) electrons. The molecular weight excluding hydrogens is 399 g/mol. The molecular formula is C17H11ClF3N5O2. The van der Waals surface area contributed by atoms with Crippen molar-refractivity contribution in [2.45, 2.75) is 6.18 Å². The lowest BCUT2D eigenvalue weighted by atomic mass is 10.2. The van der Waals surface area contributed by atoms with Crippen molar-refractivity contribution < 1.29 is 18.1 Å². The summed E-state index contributed by atoms with van der Waals surface area (Å²) in [5, 5.41) is 16.7. The predicted octanol–water partition coefficient (Wildman–Crippen LogP) is 5.54. The maximum atomic E-state index is 13.3. The minimum atomic E-state index is -4.76. The Morgan fingerprint density at radius 2 is 1.71 bits per heavy atom. The molecule has 28 heavy (non-hydrogen) atoms. The van der Waals surface area contributed by atoms with Gasteiger partial charge in [-0.1, -0.05) is 23.7 Å². The Labute approximate surface area is 161 Å². The zero-order valence-electron chi connectivity index (χ0n) is 13.9. The first-order valence-electron chi connectivity index (χ1n) is 7.71. The van der Waals surface area contributed by atoms with Crippen LogP contribution in [0.5, 0.6) is 0 Å². The van der Waals surface area contributed by atoms with Crippen LogP contribution in [-0.4, -0.2) is 14.9 Å². The van der Waals surface area contributed by atoms with Gasteiger partial charge in [0.05, 0.1) is 4.92 Å². The highest BCUT2D eigenvalue weighted by Gasteiger charge is 2.35. The van der Waals surface area contributed by atoms with Gasteiger partial charge in [0.15, 0.2) is 0 Å². The fraction of sp³-hybridized carbons (Fsp3) is 0.0588. The third-order valence-electron chi connectivity index (χ3n) is 3.55. The molecule has 0 saturated carbocycles. The van der Waals surface area contributed by atoms with Gasteiger partial charge >= 0.3 is 6.18 Å². The largest absolute Gasteiger partial charge is 0.421 e. The normalized spacial score (nSPS) is 11.1. The molecule has 3 aromatic rings. The minimum absolute atomic E-state index is 0.128. The number of para-hydroxylation sites is 2. The van der Waals surface area contributed by atoms with Crippen molar-refractivity contribution in [3.8, 4) is 0 Å². The van der Waals surface area contributed by atoms with Crippen LogP contribution >= 0.6 is 11.6 Å². The third-order valence-corrected chi connectivity index (χ3v) is 3.80. The summed E-state index contributed by atoms with van der Waals surface area (Å²) in [6.07, 6.45) is -4.16. The molecule has 0 amide bonds. The number of nitrogens with zero attached hydrogens (tertiary/aromatic N) is 3. The number of halogens is 4. The quantitative estimate of drug-likeness (QED) is 0.424. The molecule has 3 rings (SSSR count). The molecule has 0 aliphatic rings. The minimum Gasteiger partial charge on any atom is -0.334 e. The van der Waals surface area contributed by atoms with Crippen LogP contribution in [0.3, 0.4) is 0 Å². The van der Waals surface area contributed by atoms with Crippen LogP contribution < -0.4 is 10.6 Å². The van der Waals surface area contributed by atoms with Crippen LogP contribution in [0.1, 0.15) is 5.56 Å². The van der Waals surface area contributed by atoms with Gasteiger partial charge in [-0.25, -0.2) is 4.98 Å². The van der Waals surface area contributed by atoms with Gasteiger partial charge in [-0.3, -0.25) is 10.1 Å². The fourth-order valence-electron chi connectivity index (χ4n) is 2.27. The van der Waals surface area contributed by atoms with Crippen LogP contribution in [0.2, 0.25) is 5.02 Å². The molecule has 0 aliphatic heterocycles. The average molecular weight is 410 g/mol. The Morgan fingerprint density at radius 3 is 2.36 bits per heavy atom. The summed E-state index contributed by atoms with van der Waals surface area (Å²) in [6, 6.07) is 11.7. The highest BCUT2D eigenvalue weighted by molar-refractivity contribution is 6.30. The van der Waals surface area contributed by atoms with E-state index in [0.29, 0.717) is 16.9 Å². The molecule has 0 saturated heterocycles. The van der Waals surface area contributed by atoms with Crippen molar-refractivity contribution in [2.75, 3.05) is 10.6 Å². The summed E-state index contributed by atoms with van der Waals surface area (Å²) in [5.41, 5.74) is -1.18. The topological polar surface area (TPSA) is 93.0 Å². The van der Waals surface area contributed by atoms with Crippen LogP contribution in [0.15, 0.2) is 54.7 Å². The number of nitro benzene ring substituents is 1. The second-order valence-electron chi connectivity index (χ2n) is 5.48. The number of rotatable bonds is 5. The van der Waals surface area contributed by atoms with Gasteiger partial charge in [0.2, 0.25) is 5.95 Å². The smallest absolute Gasteiger partial charge is 0.334 e. The van der Waals surface area contributed by atoms with E-state index >= 15 is 0 Å². The van der Waals surface area contributed by atoms with Crippen LogP contribution in [0.25, 0.3) is 0 Å². The molecule has 7 nitrogen and oxygen atoms in total. The van der Waals surface area contributed by atoms with E-state index in [1.807, 2.05) is 0 Å². The van der Waals surface area contributed by atoms with E-state index in [-0.39, 0.29) is 17.3 Å². The third kappa shape index (κ3) is 4.46. The van der Waals surface area contributed by atoms with Crippen molar-refractivity contribution in [3.05, 3.63) is 75.4 Å². The van der Waals surface area contributed by atoms with Crippen LogP contribution in [0, 0.1) is 10.1 Å². The number of hydrogen-bond donors (Lipinski definition) is 2. The molecule has 2 N–H and O–H groups in total. The molecule has 0 bridgehead atoms. The Bertz CT molecular complexity index is 1010. The summed E-state index contributed by atoms with van der Waals surface area (Å²) in [5.74, 6) is -0.746. The first-order valence-corrected chi connectivity index (χ1v) is 8.09. The number of benzene rings is 2. The molecule has 1 heterocycles. The summed E-state index contributed by atoms with van der Waals surface area (Å²) >= 11 is 5.79. The second-order valence-corrected chi connectivity index (χ2v) is 5.92.